The molecule has 0 nitrogen and oxygen atoms in total. The molecule has 0 saturated carbocycles. The summed E-state index contributed by atoms with van der Waals surface area (Å²) >= 11 is -1.59. The Morgan fingerprint density at radius 3 is 1.21 bits per heavy atom. The summed E-state index contributed by atoms with van der Waals surface area (Å²) in [7, 11) is 10.6. The molecule has 0 fully saturated rings. The Hall–Kier alpha value is -0.854. The zero-order valence-corrected chi connectivity index (χ0v) is 22.2. The topological polar surface area (TPSA) is 0 Å². The van der Waals surface area contributed by atoms with Crippen LogP contribution in [0.2, 0.25) is 11.5 Å². The van der Waals surface area contributed by atoms with Crippen molar-refractivity contribution in [3.63, 3.8) is 0 Å². The molecule has 28 heavy (non-hydrogen) atoms. The Morgan fingerprint density at radius 2 is 0.964 bits per heavy atom. The van der Waals surface area contributed by atoms with Gasteiger partial charge >= 0.3 is 54.8 Å². The van der Waals surface area contributed by atoms with Gasteiger partial charge in [0.25, 0.3) is 0 Å². The SMILES string of the molecule is [CH3][Ge]([CH3])=[Zr]([Cl])[Cl].c1ccc(-c2cc[cH-]c2)cc1.c1ccc(-c2cc[cH-]c2)cc1. The number of hydrogen-bond donors (Lipinski definition) is 0. The van der Waals surface area contributed by atoms with E-state index in [1.807, 2.05) is 12.1 Å². The summed E-state index contributed by atoms with van der Waals surface area (Å²) in [6.45, 7) is 0. The van der Waals surface area contributed by atoms with Gasteiger partial charge in [0, 0.05) is 0 Å². The molecule has 0 N–H and O–H groups in total. The van der Waals surface area contributed by atoms with Crippen molar-refractivity contribution in [2.75, 3.05) is 0 Å². The molecule has 0 aromatic heterocycles. The van der Waals surface area contributed by atoms with Crippen molar-refractivity contribution in [3.05, 3.63) is 109 Å². The molecule has 0 amide bonds. The Bertz CT molecular complexity index is 841. The van der Waals surface area contributed by atoms with Crippen LogP contribution in [0.5, 0.6) is 0 Å². The van der Waals surface area contributed by atoms with Crippen molar-refractivity contribution in [2.24, 2.45) is 0 Å². The average molecular weight is 547 g/mol. The molecule has 0 atom stereocenters. The number of hydrogen-bond acceptors (Lipinski definition) is 0. The smallest absolute Gasteiger partial charge is 0.0623 e. The first kappa shape index (κ1) is 23.4. The summed E-state index contributed by atoms with van der Waals surface area (Å²) in [5.41, 5.74) is 5.17. The minimum absolute atomic E-state index is 0.735. The Kier molecular flexibility index (Phi) is 11.2. The van der Waals surface area contributed by atoms with Crippen molar-refractivity contribution in [1.29, 1.82) is 0 Å². The third-order valence-electron chi connectivity index (χ3n) is 3.92. The molecule has 0 aliphatic heterocycles. The maximum absolute atomic E-state index is 5.65. The van der Waals surface area contributed by atoms with Gasteiger partial charge in [0.1, 0.15) is 0 Å². The van der Waals surface area contributed by atoms with Crippen LogP contribution in [0.4, 0.5) is 0 Å². The second-order valence-electron chi connectivity index (χ2n) is 6.34. The first-order valence-electron chi connectivity index (χ1n) is 9.10. The normalized spacial score (nSPS) is 9.43. The van der Waals surface area contributed by atoms with Crippen molar-refractivity contribution in [2.45, 2.75) is 11.5 Å². The fraction of sp³-hybridized carbons (Fsp3) is 0.0833. The van der Waals surface area contributed by atoms with Crippen LogP contribution in [-0.4, -0.2) is 9.98 Å². The summed E-state index contributed by atoms with van der Waals surface area (Å²) in [5, 5.41) is 0. The molecule has 0 aliphatic carbocycles. The van der Waals surface area contributed by atoms with Gasteiger partial charge in [-0.05, 0) is 0 Å². The van der Waals surface area contributed by atoms with E-state index in [0.29, 0.717) is 0 Å². The van der Waals surface area contributed by atoms with Crippen LogP contribution >= 0.6 is 17.0 Å². The first-order valence-corrected chi connectivity index (χ1v) is 27.1. The minimum Gasteiger partial charge on any atom is -0.206 e. The minimum atomic E-state index is -1.59. The molecule has 0 aliphatic rings. The second kappa shape index (κ2) is 13.4. The fourth-order valence-electron chi connectivity index (χ4n) is 2.39. The van der Waals surface area contributed by atoms with Gasteiger partial charge in [-0.15, -0.1) is 0 Å². The van der Waals surface area contributed by atoms with Crippen molar-refractivity contribution < 1.29 is 16.2 Å². The molecule has 0 bridgehead atoms. The third-order valence-corrected chi connectivity index (χ3v) is 38.4. The van der Waals surface area contributed by atoms with Gasteiger partial charge in [0.15, 0.2) is 0 Å². The van der Waals surface area contributed by atoms with E-state index in [2.05, 4.69) is 109 Å². The van der Waals surface area contributed by atoms with E-state index < -0.39 is 26.2 Å². The van der Waals surface area contributed by atoms with Crippen molar-refractivity contribution in [3.8, 4) is 22.3 Å². The monoisotopic (exact) mass is 546 g/mol. The maximum Gasteiger partial charge on any atom is -0.0623 e. The maximum atomic E-state index is 5.65. The van der Waals surface area contributed by atoms with Crippen LogP contribution in [-0.2, 0) is 16.2 Å². The largest absolute Gasteiger partial charge is 0.206 e. The fourth-order valence-corrected chi connectivity index (χ4v) is 2.39. The van der Waals surface area contributed by atoms with Crippen LogP contribution in [0, 0.1) is 0 Å². The van der Waals surface area contributed by atoms with Gasteiger partial charge in [-0.3, -0.25) is 0 Å². The zero-order chi connectivity index (χ0) is 20.2. The van der Waals surface area contributed by atoms with Crippen LogP contribution < -0.4 is 0 Å². The van der Waals surface area contributed by atoms with Gasteiger partial charge < -0.3 is 0 Å². The quantitative estimate of drug-likeness (QED) is 0.175. The second-order valence-corrected chi connectivity index (χ2v) is 44.3. The standard InChI is InChI=1S/2C11H9.C2H6Ge.2ClH.Zr/c2*1-2-6-10(7-3-1)11-8-4-5-9-11;1-3-2;;;/h2*1-9H;1-2H3;2*1H;/q2*-1;;;;+2/p-2. The first-order chi connectivity index (χ1) is 13.6. The zero-order valence-electron chi connectivity index (χ0n) is 16.1. The molecule has 4 aromatic carbocycles. The summed E-state index contributed by atoms with van der Waals surface area (Å²) < 4.78 is 0. The van der Waals surface area contributed by atoms with Crippen molar-refractivity contribution in [1.82, 2.24) is 0 Å². The molecule has 0 heterocycles. The predicted molar refractivity (Wildman–Crippen MR) is 124 cm³/mol. The molecule has 0 spiro atoms. The summed E-state index contributed by atoms with van der Waals surface area (Å²) in [6, 6.07) is 37.5. The Labute approximate surface area is 184 Å². The van der Waals surface area contributed by atoms with E-state index >= 15 is 0 Å². The Morgan fingerprint density at radius 1 is 0.607 bits per heavy atom. The number of rotatable bonds is 2. The van der Waals surface area contributed by atoms with Crippen LogP contribution in [0.15, 0.2) is 109 Å². The Balaban J connectivity index is 0.000000158. The van der Waals surface area contributed by atoms with Crippen molar-refractivity contribution >= 4 is 27.0 Å². The van der Waals surface area contributed by atoms with E-state index in [9.17, 15) is 0 Å². The van der Waals surface area contributed by atoms with E-state index in [-0.39, 0.29) is 0 Å². The molecule has 4 aromatic rings. The van der Waals surface area contributed by atoms with Gasteiger partial charge in [-0.1, -0.05) is 71.8 Å². The number of halogens is 2. The summed E-state index contributed by atoms with van der Waals surface area (Å²) in [5.74, 6) is 4.46. The molecule has 0 radical (unpaired) electrons. The molecule has 4 rings (SSSR count). The summed E-state index contributed by atoms with van der Waals surface area (Å²) in [4.78, 5) is 0. The molecular formula is C24H24Cl2GeZr-2. The molecule has 0 saturated heterocycles. The van der Waals surface area contributed by atoms with Crippen LogP contribution in [0.25, 0.3) is 22.3 Å². The summed E-state index contributed by atoms with van der Waals surface area (Å²) in [6.07, 6.45) is 0. The molecule has 144 valence electrons. The van der Waals surface area contributed by atoms with Gasteiger partial charge in [0.2, 0.25) is 0 Å². The molecular weight excluding hydrogens is 523 g/mol. The van der Waals surface area contributed by atoms with E-state index in [1.54, 1.807) is 0 Å². The third kappa shape index (κ3) is 8.66. The van der Waals surface area contributed by atoms with Gasteiger partial charge in [-0.2, -0.15) is 47.5 Å². The van der Waals surface area contributed by atoms with Crippen LogP contribution in [0.3, 0.4) is 0 Å². The number of benzene rings is 2. The molecule has 4 heteroatoms. The predicted octanol–water partition coefficient (Wildman–Crippen LogP) is 8.31. The van der Waals surface area contributed by atoms with E-state index in [4.69, 9.17) is 17.0 Å². The van der Waals surface area contributed by atoms with E-state index in [1.165, 1.54) is 22.3 Å². The van der Waals surface area contributed by atoms with Gasteiger partial charge in [-0.25, -0.2) is 12.1 Å². The average Bonchev–Trinajstić information content (AvgIpc) is 3.45. The molecule has 0 unspecified atom stereocenters. The van der Waals surface area contributed by atoms with E-state index in [0.717, 1.165) is 0 Å². The van der Waals surface area contributed by atoms with Gasteiger partial charge in [0.05, 0.1) is 0 Å². The van der Waals surface area contributed by atoms with Crippen LogP contribution in [0.1, 0.15) is 0 Å².